The van der Waals surface area contributed by atoms with Gasteiger partial charge in [0.2, 0.25) is 0 Å². The first-order valence-corrected chi connectivity index (χ1v) is 13.7. The summed E-state index contributed by atoms with van der Waals surface area (Å²) in [4.78, 5) is 5.61. The van der Waals surface area contributed by atoms with Crippen LogP contribution in [0, 0.1) is 19.7 Å². The Kier molecular flexibility index (Phi) is 7.35. The van der Waals surface area contributed by atoms with Gasteiger partial charge in [0, 0.05) is 23.1 Å². The van der Waals surface area contributed by atoms with Crippen LogP contribution in [0.25, 0.3) is 0 Å². The highest BCUT2D eigenvalue weighted by Gasteiger charge is 2.62. The van der Waals surface area contributed by atoms with Gasteiger partial charge in [-0.15, -0.1) is 0 Å². The molecule has 0 saturated carbocycles. The molecule has 0 spiro atoms. The molecular weight excluding hydrogens is 551 g/mol. The van der Waals surface area contributed by atoms with Crippen LogP contribution in [0.15, 0.2) is 69.0 Å². The number of hydrogen-bond donors (Lipinski definition) is 0. The lowest BCUT2D eigenvalue weighted by atomic mass is 9.86. The van der Waals surface area contributed by atoms with E-state index in [0.717, 1.165) is 28.8 Å². The van der Waals surface area contributed by atoms with Crippen LogP contribution in [0.5, 0.6) is 0 Å². The number of alkyl halides is 3. The van der Waals surface area contributed by atoms with Crippen molar-refractivity contribution < 1.29 is 26.6 Å². The highest BCUT2D eigenvalue weighted by molar-refractivity contribution is 7.93. The number of oxime groups is 1. The molecule has 0 fully saturated rings. The molecule has 0 N–H and O–H groups in total. The first-order valence-electron chi connectivity index (χ1n) is 11.0. The van der Waals surface area contributed by atoms with Crippen molar-refractivity contribution in [3.63, 3.8) is 0 Å². The molecule has 11 heteroatoms. The Bertz CT molecular complexity index is 1470. The fourth-order valence-electron chi connectivity index (χ4n) is 4.07. The van der Waals surface area contributed by atoms with Crippen molar-refractivity contribution in [2.75, 3.05) is 6.26 Å². The zero-order valence-electron chi connectivity index (χ0n) is 20.0. The summed E-state index contributed by atoms with van der Waals surface area (Å²) >= 11 is 11.5. The molecule has 2 unspecified atom stereocenters. The van der Waals surface area contributed by atoms with Crippen molar-refractivity contribution >= 4 is 38.6 Å². The number of rotatable bonds is 5. The molecule has 1 aliphatic heterocycles. The van der Waals surface area contributed by atoms with Gasteiger partial charge < -0.3 is 4.84 Å². The maximum atomic E-state index is 14.2. The van der Waals surface area contributed by atoms with Crippen LogP contribution in [0.1, 0.15) is 34.2 Å². The largest absolute Gasteiger partial charge is 0.435 e. The molecule has 37 heavy (non-hydrogen) atoms. The van der Waals surface area contributed by atoms with Crippen molar-refractivity contribution in [2.45, 2.75) is 43.5 Å². The molecule has 0 radical (unpaired) electrons. The minimum absolute atomic E-state index is 0.0481. The van der Waals surface area contributed by atoms with E-state index in [2.05, 4.69) is 9.52 Å². The predicted molar refractivity (Wildman–Crippen MR) is 137 cm³/mol. The van der Waals surface area contributed by atoms with E-state index in [1.807, 2.05) is 32.0 Å². The van der Waals surface area contributed by atoms with Crippen molar-refractivity contribution in [3.8, 4) is 0 Å². The van der Waals surface area contributed by atoms with Crippen LogP contribution < -0.4 is 0 Å². The zero-order valence-corrected chi connectivity index (χ0v) is 22.3. The summed E-state index contributed by atoms with van der Waals surface area (Å²) in [6.07, 6.45) is -3.98. The van der Waals surface area contributed by atoms with Gasteiger partial charge in [-0.25, -0.2) is 13.0 Å². The highest BCUT2D eigenvalue weighted by atomic mass is 35.5. The first kappa shape index (κ1) is 27.4. The summed E-state index contributed by atoms with van der Waals surface area (Å²) in [5, 5.41) is 2.60. The molecular formula is C26H22Cl2F4N2O2S. The van der Waals surface area contributed by atoms with Crippen molar-refractivity contribution in [1.82, 2.24) is 0 Å². The Morgan fingerprint density at radius 2 is 1.59 bits per heavy atom. The number of benzene rings is 3. The van der Waals surface area contributed by atoms with E-state index in [1.165, 1.54) is 0 Å². The van der Waals surface area contributed by atoms with Crippen LogP contribution in [0.4, 0.5) is 17.6 Å². The van der Waals surface area contributed by atoms with Gasteiger partial charge in [-0.2, -0.15) is 13.2 Å². The lowest BCUT2D eigenvalue weighted by Crippen LogP contribution is -2.42. The first-order chi connectivity index (χ1) is 17.2. The van der Waals surface area contributed by atoms with Gasteiger partial charge in [0.15, 0.2) is 5.82 Å². The number of hydrogen-bond acceptors (Lipinski definition) is 4. The van der Waals surface area contributed by atoms with Crippen LogP contribution in [0.3, 0.4) is 0 Å². The van der Waals surface area contributed by atoms with E-state index < -0.39 is 49.4 Å². The van der Waals surface area contributed by atoms with E-state index >= 15 is 0 Å². The zero-order chi connectivity index (χ0) is 27.2. The maximum Gasteiger partial charge on any atom is 0.435 e. The second-order valence-electron chi connectivity index (χ2n) is 8.99. The molecule has 1 heterocycles. The molecule has 2 atom stereocenters. The van der Waals surface area contributed by atoms with Gasteiger partial charge in [-0.1, -0.05) is 58.7 Å². The number of aryl methyl sites for hydroxylation is 2. The summed E-state index contributed by atoms with van der Waals surface area (Å²) < 4.78 is 74.0. The average Bonchev–Trinajstić information content (AvgIpc) is 3.28. The summed E-state index contributed by atoms with van der Waals surface area (Å²) in [6, 6.07) is 13.9. The molecule has 4 nitrogen and oxygen atoms in total. The van der Waals surface area contributed by atoms with E-state index in [-0.39, 0.29) is 12.3 Å². The average molecular weight is 573 g/mol. The molecule has 1 aliphatic rings. The fourth-order valence-corrected chi connectivity index (χ4v) is 5.91. The Morgan fingerprint density at radius 1 is 1.03 bits per heavy atom. The monoisotopic (exact) mass is 572 g/mol. The Hall–Kier alpha value is -2.62. The van der Waals surface area contributed by atoms with Gasteiger partial charge in [-0.3, -0.25) is 0 Å². The molecule has 0 aliphatic carbocycles. The van der Waals surface area contributed by atoms with Gasteiger partial charge in [0.25, 0.3) is 5.60 Å². The smallest absolute Gasteiger partial charge is 0.374 e. The van der Waals surface area contributed by atoms with Crippen LogP contribution in [-0.2, 0) is 26.7 Å². The van der Waals surface area contributed by atoms with Crippen molar-refractivity contribution in [1.29, 1.82) is 0 Å². The standard InChI is InChI=1S/C26H22Cl2F4N2O2S/c1-15-8-16(2)10-20(9-15)37(3,35)33-14-17-4-6-18(7-5-17)23-13-25(36-34-23,26(30,31)32)19-11-21(27)24(29)22(28)12-19/h4-12H,13-14H2,1-3H3. The maximum absolute atomic E-state index is 14.2. The summed E-state index contributed by atoms with van der Waals surface area (Å²) in [6.45, 7) is 4.00. The third kappa shape index (κ3) is 5.49. The summed E-state index contributed by atoms with van der Waals surface area (Å²) in [5.74, 6) is -1.02. The van der Waals surface area contributed by atoms with Crippen LogP contribution in [-0.4, -0.2) is 22.4 Å². The minimum Gasteiger partial charge on any atom is -0.374 e. The second-order valence-corrected chi connectivity index (χ2v) is 12.1. The summed E-state index contributed by atoms with van der Waals surface area (Å²) in [5.41, 5.74) is -0.159. The quantitative estimate of drug-likeness (QED) is 0.230. The van der Waals surface area contributed by atoms with Gasteiger partial charge in [-0.05, 0) is 60.4 Å². The second kappa shape index (κ2) is 9.93. The lowest BCUT2D eigenvalue weighted by Gasteiger charge is -2.29. The van der Waals surface area contributed by atoms with Gasteiger partial charge >= 0.3 is 6.18 Å². The molecule has 196 valence electrons. The van der Waals surface area contributed by atoms with Crippen molar-refractivity contribution in [3.05, 3.63) is 98.3 Å². The van der Waals surface area contributed by atoms with Gasteiger partial charge in [0.05, 0.1) is 32.0 Å². The molecule has 4 rings (SSSR count). The Morgan fingerprint density at radius 3 is 2.14 bits per heavy atom. The molecule has 0 saturated heterocycles. The molecule has 0 amide bonds. The van der Waals surface area contributed by atoms with E-state index in [4.69, 9.17) is 28.0 Å². The highest BCUT2D eigenvalue weighted by Crippen LogP contribution is 2.50. The molecule has 3 aromatic rings. The van der Waals surface area contributed by atoms with Crippen LogP contribution in [0.2, 0.25) is 10.0 Å². The SMILES string of the molecule is Cc1cc(C)cc(S(C)(=O)=NCc2ccc(C3=NOC(c4cc(Cl)c(F)c(Cl)c4)(C(F)(F)F)C3)cc2)c1. The number of halogens is 6. The molecule has 3 aromatic carbocycles. The van der Waals surface area contributed by atoms with Gasteiger partial charge in [0.1, 0.15) is 0 Å². The number of nitrogens with zero attached hydrogens (tertiary/aromatic N) is 2. The van der Waals surface area contributed by atoms with Crippen molar-refractivity contribution in [2.24, 2.45) is 9.52 Å². The summed E-state index contributed by atoms with van der Waals surface area (Å²) in [7, 11) is -2.64. The topological polar surface area (TPSA) is 51.0 Å². The fraction of sp³-hybridized carbons (Fsp3) is 0.269. The van der Waals surface area contributed by atoms with E-state index in [1.54, 1.807) is 30.5 Å². The Labute approximate surface area is 222 Å². The lowest BCUT2D eigenvalue weighted by molar-refractivity contribution is -0.275. The van der Waals surface area contributed by atoms with E-state index in [9.17, 15) is 21.8 Å². The molecule has 0 bridgehead atoms. The van der Waals surface area contributed by atoms with Crippen LogP contribution >= 0.6 is 23.2 Å². The minimum atomic E-state index is -4.89. The normalized spacial score (nSPS) is 19.2. The third-order valence-electron chi connectivity index (χ3n) is 6.05. The molecule has 0 aromatic heterocycles. The predicted octanol–water partition coefficient (Wildman–Crippen LogP) is 7.99. The third-order valence-corrected chi connectivity index (χ3v) is 8.33. The Balaban J connectivity index is 1.57. The van der Waals surface area contributed by atoms with E-state index in [0.29, 0.717) is 10.5 Å².